The normalized spacial score (nSPS) is 14.0. The van der Waals surface area contributed by atoms with Crippen molar-refractivity contribution in [1.29, 1.82) is 0 Å². The molecule has 0 radical (unpaired) electrons. The second kappa shape index (κ2) is 7.92. The number of fused-ring (bicyclic) bond motifs is 3. The summed E-state index contributed by atoms with van der Waals surface area (Å²) in [6.07, 6.45) is 3.99. The summed E-state index contributed by atoms with van der Waals surface area (Å²) in [5, 5.41) is 3.61. The minimum absolute atomic E-state index is 0.00444. The molecule has 0 saturated carbocycles. The van der Waals surface area contributed by atoms with Crippen LogP contribution in [-0.2, 0) is 19.5 Å². The second-order valence-electron chi connectivity index (χ2n) is 8.09. The fourth-order valence-corrected chi connectivity index (χ4v) is 5.57. The topological polar surface area (TPSA) is 81.8 Å². The molecule has 4 heterocycles. The Kier molecular flexibility index (Phi) is 5.09. The number of carbonyl (C=O) groups is 1. The lowest BCUT2D eigenvalue weighted by Gasteiger charge is -2.08. The van der Waals surface area contributed by atoms with Gasteiger partial charge in [0, 0.05) is 26.1 Å². The average molecular weight is 436 g/mol. The van der Waals surface area contributed by atoms with Gasteiger partial charge in [-0.25, -0.2) is 9.97 Å². The van der Waals surface area contributed by atoms with Gasteiger partial charge in [-0.05, 0) is 44.4 Å². The summed E-state index contributed by atoms with van der Waals surface area (Å²) in [7, 11) is 0. The molecule has 0 aliphatic carbocycles. The van der Waals surface area contributed by atoms with E-state index in [4.69, 9.17) is 4.98 Å². The molecule has 0 spiro atoms. The van der Waals surface area contributed by atoms with Crippen LogP contribution in [0.3, 0.4) is 0 Å². The molecule has 0 unspecified atom stereocenters. The van der Waals surface area contributed by atoms with E-state index in [-0.39, 0.29) is 11.5 Å². The highest BCUT2D eigenvalue weighted by atomic mass is 32.1. The quantitative estimate of drug-likeness (QED) is 0.531. The summed E-state index contributed by atoms with van der Waals surface area (Å²) in [6.45, 7) is 5.66. The number of hydrogen-bond acceptors (Lipinski definition) is 5. The molecule has 7 nitrogen and oxygen atoms in total. The Morgan fingerprint density at radius 3 is 2.87 bits per heavy atom. The first-order valence-electron chi connectivity index (χ1n) is 10.8. The van der Waals surface area contributed by atoms with E-state index in [1.54, 1.807) is 0 Å². The molecule has 0 atom stereocenters. The zero-order chi connectivity index (χ0) is 21.5. The SMILES string of the molecule is Cc1c(C(=O)NCCn2c(C)nc3ccccc32)sc2nc3n(c(=O)c12)CCCCC3. The summed E-state index contributed by atoms with van der Waals surface area (Å²) in [5.41, 5.74) is 2.75. The zero-order valence-electron chi connectivity index (χ0n) is 17.8. The summed E-state index contributed by atoms with van der Waals surface area (Å²) in [5.74, 6) is 1.63. The summed E-state index contributed by atoms with van der Waals surface area (Å²) in [6, 6.07) is 8.00. The molecule has 0 fully saturated rings. The Labute approximate surface area is 183 Å². The number of nitrogens with zero attached hydrogens (tertiary/aromatic N) is 4. The zero-order valence-corrected chi connectivity index (χ0v) is 18.6. The number of aryl methyl sites for hydroxylation is 3. The summed E-state index contributed by atoms with van der Waals surface area (Å²) >= 11 is 1.32. The minimum atomic E-state index is -0.151. The van der Waals surface area contributed by atoms with Crippen molar-refractivity contribution in [2.24, 2.45) is 0 Å². The van der Waals surface area contributed by atoms with Crippen LogP contribution in [0.15, 0.2) is 29.1 Å². The van der Waals surface area contributed by atoms with E-state index in [2.05, 4.69) is 14.9 Å². The van der Waals surface area contributed by atoms with Crippen molar-refractivity contribution in [2.75, 3.05) is 6.54 Å². The van der Waals surface area contributed by atoms with Crippen LogP contribution in [-0.4, -0.2) is 31.6 Å². The molecule has 5 rings (SSSR count). The highest BCUT2D eigenvalue weighted by Crippen LogP contribution is 2.28. The van der Waals surface area contributed by atoms with Crippen LogP contribution in [0, 0.1) is 13.8 Å². The average Bonchev–Trinajstić information content (AvgIpc) is 3.13. The molecular formula is C23H25N5O2S. The van der Waals surface area contributed by atoms with Crippen LogP contribution in [0.25, 0.3) is 21.3 Å². The number of amides is 1. The van der Waals surface area contributed by atoms with Crippen LogP contribution in [0.2, 0.25) is 0 Å². The Bertz CT molecular complexity index is 1360. The maximum Gasteiger partial charge on any atom is 0.262 e. The lowest BCUT2D eigenvalue weighted by molar-refractivity contribution is 0.0956. The Hall–Kier alpha value is -3.00. The Morgan fingerprint density at radius 2 is 2.00 bits per heavy atom. The van der Waals surface area contributed by atoms with E-state index < -0.39 is 0 Å². The van der Waals surface area contributed by atoms with Gasteiger partial charge in [-0.3, -0.25) is 14.2 Å². The van der Waals surface area contributed by atoms with Crippen molar-refractivity contribution in [3.63, 3.8) is 0 Å². The summed E-state index contributed by atoms with van der Waals surface area (Å²) in [4.78, 5) is 36.6. The van der Waals surface area contributed by atoms with Gasteiger partial charge in [-0.2, -0.15) is 0 Å². The van der Waals surface area contributed by atoms with Crippen LogP contribution >= 0.6 is 11.3 Å². The van der Waals surface area contributed by atoms with E-state index in [1.807, 2.05) is 42.7 Å². The molecular weight excluding hydrogens is 410 g/mol. The van der Waals surface area contributed by atoms with Gasteiger partial charge < -0.3 is 9.88 Å². The first-order chi connectivity index (χ1) is 15.0. The number of carbonyl (C=O) groups excluding carboxylic acids is 1. The molecule has 0 bridgehead atoms. The molecule has 8 heteroatoms. The third-order valence-electron chi connectivity index (χ3n) is 6.08. The molecule has 1 amide bonds. The molecule has 160 valence electrons. The number of nitrogens with one attached hydrogen (secondary N) is 1. The molecule has 31 heavy (non-hydrogen) atoms. The van der Waals surface area contributed by atoms with E-state index in [9.17, 15) is 9.59 Å². The maximum atomic E-state index is 13.1. The smallest absolute Gasteiger partial charge is 0.262 e. The van der Waals surface area contributed by atoms with Gasteiger partial charge in [-0.15, -0.1) is 11.3 Å². The Balaban J connectivity index is 1.38. The number of benzene rings is 1. The first-order valence-corrected chi connectivity index (χ1v) is 11.6. The second-order valence-corrected chi connectivity index (χ2v) is 9.09. The van der Waals surface area contributed by atoms with Gasteiger partial charge in [0.25, 0.3) is 11.5 Å². The largest absolute Gasteiger partial charge is 0.350 e. The maximum absolute atomic E-state index is 13.1. The van der Waals surface area contributed by atoms with E-state index in [0.29, 0.717) is 34.7 Å². The molecule has 0 saturated heterocycles. The molecule has 1 aromatic carbocycles. The van der Waals surface area contributed by atoms with Crippen molar-refractivity contribution in [3.05, 3.63) is 56.7 Å². The predicted molar refractivity (Wildman–Crippen MR) is 123 cm³/mol. The van der Waals surface area contributed by atoms with Gasteiger partial charge in [0.2, 0.25) is 0 Å². The van der Waals surface area contributed by atoms with Crippen molar-refractivity contribution in [1.82, 2.24) is 24.4 Å². The van der Waals surface area contributed by atoms with Gasteiger partial charge in [0.1, 0.15) is 16.5 Å². The molecule has 3 aromatic heterocycles. The fraction of sp³-hybridized carbons (Fsp3) is 0.391. The number of imidazole rings is 1. The number of aromatic nitrogens is 4. The first kappa shape index (κ1) is 19.9. The van der Waals surface area contributed by atoms with Gasteiger partial charge >= 0.3 is 0 Å². The van der Waals surface area contributed by atoms with Crippen LogP contribution in [0.5, 0.6) is 0 Å². The van der Waals surface area contributed by atoms with E-state index in [0.717, 1.165) is 53.9 Å². The summed E-state index contributed by atoms with van der Waals surface area (Å²) < 4.78 is 3.92. The van der Waals surface area contributed by atoms with Gasteiger partial charge in [0.15, 0.2) is 0 Å². The van der Waals surface area contributed by atoms with Gasteiger partial charge in [0.05, 0.1) is 21.3 Å². The highest BCUT2D eigenvalue weighted by molar-refractivity contribution is 7.20. The van der Waals surface area contributed by atoms with E-state index >= 15 is 0 Å². The fourth-order valence-electron chi connectivity index (χ4n) is 4.47. The number of rotatable bonds is 4. The third-order valence-corrected chi connectivity index (χ3v) is 7.27. The van der Waals surface area contributed by atoms with Crippen LogP contribution in [0.4, 0.5) is 0 Å². The lowest BCUT2D eigenvalue weighted by Crippen LogP contribution is -2.27. The lowest BCUT2D eigenvalue weighted by atomic mass is 10.2. The van der Waals surface area contributed by atoms with Crippen LogP contribution < -0.4 is 10.9 Å². The minimum Gasteiger partial charge on any atom is -0.350 e. The van der Waals surface area contributed by atoms with Crippen molar-refractivity contribution >= 4 is 38.5 Å². The Morgan fingerprint density at radius 1 is 1.16 bits per heavy atom. The van der Waals surface area contributed by atoms with Crippen molar-refractivity contribution in [3.8, 4) is 0 Å². The third kappa shape index (κ3) is 3.44. The van der Waals surface area contributed by atoms with Crippen molar-refractivity contribution < 1.29 is 4.79 Å². The monoisotopic (exact) mass is 435 g/mol. The van der Waals surface area contributed by atoms with E-state index in [1.165, 1.54) is 11.3 Å². The number of thiophene rings is 1. The standard InChI is InChI=1S/C23H25N5O2S/c1-14-19-22(26-18-10-4-3-7-12-28(18)23(19)30)31-20(14)21(29)24-11-13-27-15(2)25-16-8-5-6-9-17(16)27/h5-6,8-9H,3-4,7,10-13H2,1-2H3,(H,24,29). The number of hydrogen-bond donors (Lipinski definition) is 1. The predicted octanol–water partition coefficient (Wildman–Crippen LogP) is 3.58. The van der Waals surface area contributed by atoms with Gasteiger partial charge in [-0.1, -0.05) is 18.6 Å². The molecule has 1 aliphatic rings. The molecule has 1 N–H and O–H groups in total. The van der Waals surface area contributed by atoms with Crippen molar-refractivity contribution in [2.45, 2.75) is 52.6 Å². The highest BCUT2D eigenvalue weighted by Gasteiger charge is 2.22. The van der Waals surface area contributed by atoms with Crippen LogP contribution in [0.1, 0.15) is 46.1 Å². The molecule has 4 aromatic rings. The number of para-hydroxylation sites is 2. The molecule has 1 aliphatic heterocycles.